The monoisotopic (exact) mass is 683 g/mol. The molecule has 0 unspecified atom stereocenters. The number of nitrogens with one attached hydrogen (secondary N) is 4. The molecule has 0 aromatic carbocycles. The fraction of sp³-hybridized carbons (Fsp3) is 0.781. The second kappa shape index (κ2) is 19.9. The van der Waals surface area contributed by atoms with Gasteiger partial charge in [-0.1, -0.05) is 54.4 Å². The van der Waals surface area contributed by atoms with E-state index in [1.807, 2.05) is 27.7 Å². The molecule has 0 spiro atoms. The van der Waals surface area contributed by atoms with Crippen LogP contribution in [0.2, 0.25) is 0 Å². The number of primary amides is 1. The second-order valence-electron chi connectivity index (χ2n) is 13.3. The van der Waals surface area contributed by atoms with Crippen molar-refractivity contribution >= 4 is 41.4 Å². The number of amides is 6. The third-order valence-electron chi connectivity index (χ3n) is 8.83. The number of hydrogen-bond donors (Lipinski definition) is 8. The van der Waals surface area contributed by atoms with Gasteiger partial charge in [-0.05, 0) is 50.4 Å². The molecule has 16 nitrogen and oxygen atoms in total. The van der Waals surface area contributed by atoms with Crippen LogP contribution in [0.4, 0.5) is 0 Å². The van der Waals surface area contributed by atoms with E-state index in [0.29, 0.717) is 25.7 Å². The van der Waals surface area contributed by atoms with Gasteiger partial charge in [0.15, 0.2) is 6.04 Å². The van der Waals surface area contributed by atoms with Crippen molar-refractivity contribution in [3.05, 3.63) is 0 Å². The maximum absolute atomic E-state index is 13.8. The maximum Gasteiger partial charge on any atom is 0.328 e. The van der Waals surface area contributed by atoms with E-state index >= 15 is 0 Å². The lowest BCUT2D eigenvalue weighted by atomic mass is 9.94. The first-order valence-electron chi connectivity index (χ1n) is 16.8. The van der Waals surface area contributed by atoms with E-state index < -0.39 is 89.7 Å². The average Bonchev–Trinajstić information content (AvgIpc) is 3.51. The van der Waals surface area contributed by atoms with Crippen LogP contribution in [0.3, 0.4) is 0 Å². The Labute approximate surface area is 282 Å². The van der Waals surface area contributed by atoms with Crippen LogP contribution in [-0.2, 0) is 33.6 Å². The van der Waals surface area contributed by atoms with Gasteiger partial charge in [0.2, 0.25) is 35.4 Å². The number of aliphatic hydroxyl groups excluding tert-OH is 1. The van der Waals surface area contributed by atoms with Crippen molar-refractivity contribution < 1.29 is 43.8 Å². The highest BCUT2D eigenvalue weighted by molar-refractivity contribution is 5.96. The number of carbonyl (C=O) groups excluding carboxylic acids is 6. The molecule has 1 fully saturated rings. The summed E-state index contributed by atoms with van der Waals surface area (Å²) in [4.78, 5) is 91.1. The number of carbonyl (C=O) groups is 7. The molecule has 274 valence electrons. The summed E-state index contributed by atoms with van der Waals surface area (Å²) >= 11 is 0. The second-order valence-corrected chi connectivity index (χ2v) is 13.3. The van der Waals surface area contributed by atoms with Crippen molar-refractivity contribution in [3.63, 3.8) is 0 Å². The number of hydrogen-bond acceptors (Lipinski definition) is 9. The van der Waals surface area contributed by atoms with E-state index in [-0.39, 0.29) is 37.6 Å². The fourth-order valence-corrected chi connectivity index (χ4v) is 5.44. The Kier molecular flexibility index (Phi) is 17.5. The van der Waals surface area contributed by atoms with E-state index in [4.69, 9.17) is 11.5 Å². The number of rotatable bonds is 20. The van der Waals surface area contributed by atoms with Gasteiger partial charge in [-0.15, -0.1) is 0 Å². The quantitative estimate of drug-likeness (QED) is 0.0785. The Hall–Kier alpha value is -3.79. The summed E-state index contributed by atoms with van der Waals surface area (Å²) < 4.78 is 0. The number of aliphatic carboxylic acids is 1. The number of aliphatic hydroxyl groups is 1. The van der Waals surface area contributed by atoms with Crippen LogP contribution >= 0.6 is 0 Å². The minimum atomic E-state index is -1.59. The lowest BCUT2D eigenvalue weighted by Crippen LogP contribution is -2.61. The van der Waals surface area contributed by atoms with Gasteiger partial charge in [0, 0.05) is 13.0 Å². The number of carboxylic acids is 1. The fourth-order valence-electron chi connectivity index (χ4n) is 5.44. The van der Waals surface area contributed by atoms with Crippen molar-refractivity contribution in [1.82, 2.24) is 26.2 Å². The van der Waals surface area contributed by atoms with E-state index in [9.17, 15) is 43.8 Å². The maximum atomic E-state index is 13.8. The summed E-state index contributed by atoms with van der Waals surface area (Å²) in [5.41, 5.74) is 11.2. The first-order chi connectivity index (χ1) is 22.4. The molecule has 1 aliphatic heterocycles. The normalized spacial score (nSPS) is 19.5. The summed E-state index contributed by atoms with van der Waals surface area (Å²) in [5, 5.41) is 29.7. The molecule has 0 bridgehead atoms. The topological polar surface area (TPSA) is 263 Å². The van der Waals surface area contributed by atoms with Crippen LogP contribution in [-0.4, -0.2) is 105 Å². The lowest BCUT2D eigenvalue weighted by Gasteiger charge is -2.32. The lowest BCUT2D eigenvalue weighted by molar-refractivity contribution is -0.145. The van der Waals surface area contributed by atoms with Gasteiger partial charge in [-0.2, -0.15) is 0 Å². The highest BCUT2D eigenvalue weighted by Gasteiger charge is 2.40. The van der Waals surface area contributed by atoms with Gasteiger partial charge in [0.1, 0.15) is 24.2 Å². The first-order valence-corrected chi connectivity index (χ1v) is 16.8. The molecule has 0 aromatic rings. The summed E-state index contributed by atoms with van der Waals surface area (Å²) in [6.07, 6.45) is 0.575. The number of carboxylic acid groups (broad SMARTS) is 1. The molecule has 0 saturated carbocycles. The smallest absolute Gasteiger partial charge is 0.328 e. The Bertz CT molecular complexity index is 1150. The molecule has 48 heavy (non-hydrogen) atoms. The minimum Gasteiger partial charge on any atom is -0.480 e. The third kappa shape index (κ3) is 12.7. The number of nitrogens with two attached hydrogens (primary N) is 2. The van der Waals surface area contributed by atoms with E-state index in [0.717, 1.165) is 0 Å². The Morgan fingerprint density at radius 1 is 0.812 bits per heavy atom. The zero-order chi connectivity index (χ0) is 36.9. The molecular formula is C32H57N7O9. The molecular weight excluding hydrogens is 626 g/mol. The van der Waals surface area contributed by atoms with Crippen LogP contribution in [0.1, 0.15) is 93.4 Å². The van der Waals surface area contributed by atoms with E-state index in [1.54, 1.807) is 13.8 Å². The van der Waals surface area contributed by atoms with Crippen molar-refractivity contribution in [2.24, 2.45) is 29.2 Å². The van der Waals surface area contributed by atoms with Crippen LogP contribution in [0, 0.1) is 17.8 Å². The first kappa shape index (κ1) is 42.2. The van der Waals surface area contributed by atoms with Gasteiger partial charge >= 0.3 is 5.97 Å². The highest BCUT2D eigenvalue weighted by Crippen LogP contribution is 2.21. The predicted octanol–water partition coefficient (Wildman–Crippen LogP) is -0.887. The Balaban J connectivity index is 3.19. The van der Waals surface area contributed by atoms with Gasteiger partial charge in [-0.25, -0.2) is 4.79 Å². The van der Waals surface area contributed by atoms with Gasteiger partial charge in [-0.3, -0.25) is 28.8 Å². The van der Waals surface area contributed by atoms with Gasteiger partial charge < -0.3 is 47.8 Å². The molecule has 16 heteroatoms. The molecule has 0 radical (unpaired) electrons. The van der Waals surface area contributed by atoms with Crippen LogP contribution < -0.4 is 32.7 Å². The number of likely N-dealkylation sites (tertiary alicyclic amines) is 1. The zero-order valence-electron chi connectivity index (χ0n) is 29.3. The Morgan fingerprint density at radius 3 is 1.81 bits per heavy atom. The molecule has 1 aliphatic rings. The molecule has 1 rings (SSSR count). The van der Waals surface area contributed by atoms with E-state index in [1.165, 1.54) is 11.8 Å². The van der Waals surface area contributed by atoms with Crippen molar-refractivity contribution in [3.8, 4) is 0 Å². The largest absolute Gasteiger partial charge is 0.480 e. The standard InChI is InChI=1S/C32H57N7O9/c1-8-17(5)24(29(44)35-21(15-16(3)4)27(42)38-26(19(7)40)32(47)48)37-30(45)25(18(6)9-2)36-28(43)22-11-10-14-39(22)31(46)20(33)12-13-23(34)41/h16-22,24-26,40H,8-15,33H2,1-7H3,(H2,34,41)(H,35,44)(H,36,43)(H,37,45)(H,38,42)(H,47,48)/t17-,18-,19+,20-,21-,22-,24-,25-,26-/m0/s1. The predicted molar refractivity (Wildman–Crippen MR) is 177 cm³/mol. The average molecular weight is 684 g/mol. The van der Waals surface area contributed by atoms with Gasteiger partial charge in [0.25, 0.3) is 0 Å². The van der Waals surface area contributed by atoms with Crippen LogP contribution in [0.25, 0.3) is 0 Å². The van der Waals surface area contributed by atoms with Crippen LogP contribution in [0.15, 0.2) is 0 Å². The molecule has 0 aromatic heterocycles. The third-order valence-corrected chi connectivity index (χ3v) is 8.83. The molecule has 1 saturated heterocycles. The highest BCUT2D eigenvalue weighted by atomic mass is 16.4. The molecule has 10 N–H and O–H groups in total. The minimum absolute atomic E-state index is 0.0380. The van der Waals surface area contributed by atoms with Crippen LogP contribution in [0.5, 0.6) is 0 Å². The SMILES string of the molecule is CC[C@H](C)[C@H](NC(=O)[C@@H](NC(=O)[C@@H]1CCCN1C(=O)[C@@H](N)CCC(N)=O)[C@@H](C)CC)C(=O)N[C@@H](CC(C)C)C(=O)N[C@H](C(=O)O)[C@@H](C)O. The summed E-state index contributed by atoms with van der Waals surface area (Å²) in [7, 11) is 0. The van der Waals surface area contributed by atoms with E-state index in [2.05, 4.69) is 21.3 Å². The van der Waals surface area contributed by atoms with Crippen molar-refractivity contribution in [2.45, 2.75) is 136 Å². The molecule has 9 atom stereocenters. The number of nitrogens with zero attached hydrogens (tertiary/aromatic N) is 1. The molecule has 0 aliphatic carbocycles. The molecule has 6 amide bonds. The zero-order valence-corrected chi connectivity index (χ0v) is 29.3. The van der Waals surface area contributed by atoms with Crippen molar-refractivity contribution in [2.75, 3.05) is 6.54 Å². The van der Waals surface area contributed by atoms with Crippen molar-refractivity contribution in [1.29, 1.82) is 0 Å². The Morgan fingerprint density at radius 2 is 1.33 bits per heavy atom. The molecule has 1 heterocycles. The summed E-state index contributed by atoms with van der Waals surface area (Å²) in [6, 6.07) is -6.83. The summed E-state index contributed by atoms with van der Waals surface area (Å²) in [6.45, 7) is 12.3. The van der Waals surface area contributed by atoms with Gasteiger partial charge in [0.05, 0.1) is 12.1 Å². The summed E-state index contributed by atoms with van der Waals surface area (Å²) in [5.74, 6) is -6.03.